The fourth-order valence-electron chi connectivity index (χ4n) is 7.51. The van der Waals surface area contributed by atoms with Crippen molar-refractivity contribution in [3.8, 4) is 5.75 Å². The van der Waals surface area contributed by atoms with Crippen molar-refractivity contribution < 1.29 is 54.2 Å². The number of likely N-dealkylation sites (tertiary alicyclic amines) is 2. The number of nitrogens with one attached hydrogen (secondary N) is 2. The van der Waals surface area contributed by atoms with Crippen LogP contribution in [0, 0.1) is 13.8 Å². The molecule has 1 aromatic carbocycles. The van der Waals surface area contributed by atoms with Crippen molar-refractivity contribution in [2.45, 2.75) is 127 Å². The quantitative estimate of drug-likeness (QED) is 0.183. The number of carboxylic acid groups (broad SMARTS) is 1. The first-order valence-electron chi connectivity index (χ1n) is 17.3. The van der Waals surface area contributed by atoms with Crippen LogP contribution in [0.15, 0.2) is 12.1 Å². The molecule has 0 bridgehead atoms. The molecule has 4 rings (SSSR count). The van der Waals surface area contributed by atoms with Gasteiger partial charge in [0, 0.05) is 57.0 Å². The Morgan fingerprint density at radius 2 is 1.74 bits per heavy atom. The third kappa shape index (κ3) is 8.86. The molecule has 1 spiro atoms. The van der Waals surface area contributed by atoms with Crippen LogP contribution in [0.25, 0.3) is 0 Å². The van der Waals surface area contributed by atoms with E-state index in [1.807, 2.05) is 20.8 Å². The number of phenols is 1. The highest BCUT2D eigenvalue weighted by Gasteiger charge is 2.55. The maximum Gasteiger partial charge on any atom is 0.410 e. The van der Waals surface area contributed by atoms with Crippen molar-refractivity contribution in [2.75, 3.05) is 32.7 Å². The molecule has 50 heavy (non-hydrogen) atoms. The second-order valence-corrected chi connectivity index (χ2v) is 15.2. The van der Waals surface area contributed by atoms with Crippen molar-refractivity contribution >= 4 is 23.9 Å². The van der Waals surface area contributed by atoms with Gasteiger partial charge in [-0.25, -0.2) is 9.59 Å². The first-order chi connectivity index (χ1) is 23.3. The lowest BCUT2D eigenvalue weighted by molar-refractivity contribution is -0.230. The van der Waals surface area contributed by atoms with E-state index in [9.17, 15) is 44.7 Å². The summed E-state index contributed by atoms with van der Waals surface area (Å²) in [5.41, 5.74) is -1.85. The van der Waals surface area contributed by atoms with Gasteiger partial charge in [-0.2, -0.15) is 0 Å². The lowest BCUT2D eigenvalue weighted by Gasteiger charge is -2.49. The van der Waals surface area contributed by atoms with E-state index in [0.29, 0.717) is 37.2 Å². The number of ether oxygens (including phenoxy) is 2. The van der Waals surface area contributed by atoms with Crippen LogP contribution in [-0.2, 0) is 19.1 Å². The molecule has 3 heterocycles. The number of benzene rings is 1. The number of aliphatic hydroxyl groups excluding tert-OH is 3. The van der Waals surface area contributed by atoms with Gasteiger partial charge in [0.05, 0.1) is 18.2 Å². The number of aliphatic carboxylic acids is 1. The number of rotatable bonds is 10. The fraction of sp³-hybridized carbons (Fsp3) is 0.714. The van der Waals surface area contributed by atoms with E-state index in [4.69, 9.17) is 9.47 Å². The van der Waals surface area contributed by atoms with Crippen molar-refractivity contribution in [2.24, 2.45) is 0 Å². The number of phenolic OH excluding ortho intramolecular Hbond substituents is 1. The molecular weight excluding hydrogens is 652 g/mol. The van der Waals surface area contributed by atoms with E-state index in [2.05, 4.69) is 15.5 Å². The van der Waals surface area contributed by atoms with Gasteiger partial charge in [-0.1, -0.05) is 6.42 Å². The number of hydrogen-bond acceptors (Lipinski definition) is 11. The predicted octanol–water partition coefficient (Wildman–Crippen LogP) is 1.19. The number of aryl methyl sites for hydroxylation is 2. The Morgan fingerprint density at radius 1 is 1.08 bits per heavy atom. The SMILES string of the molecule is CC(=O)N[C@H]1[C@H]([C@H](O)[C@H](O)CNC(=O)c2cc(C)c(O)c(C)c2)O[C@@](CCN2CCCCC23CCN(C(=O)OC(C)(C)C)C3)(C(=O)O)C[C@@H]1O. The number of aliphatic hydroxyl groups is 3. The van der Waals surface area contributed by atoms with Crippen LogP contribution in [0.5, 0.6) is 5.75 Å². The maximum absolute atomic E-state index is 13.0. The lowest BCUT2D eigenvalue weighted by atomic mass is 9.80. The molecule has 1 aromatic rings. The summed E-state index contributed by atoms with van der Waals surface area (Å²) in [7, 11) is 0. The number of carbonyl (C=O) groups is 4. The number of piperidine rings is 1. The van der Waals surface area contributed by atoms with E-state index in [0.717, 1.165) is 19.3 Å². The standard InChI is InChI=1S/C35H54N4O11/c1-20-15-23(16-21(2)27(20)43)30(45)36-18-25(42)28(44)29-26(37-22(3)40)24(41)17-35(49-29,31(46)47)11-14-39-12-8-7-9-34(39)10-13-38(19-34)32(48)50-33(4,5)6/h15-16,24-26,28-29,41-44H,7-14,17-19H2,1-6H3,(H,36,45)(H,37,40)(H,46,47)/t24-,25+,26+,28+,29+,34?,35+/m0/s1. The summed E-state index contributed by atoms with van der Waals surface area (Å²) in [6.07, 6.45) is -4.09. The summed E-state index contributed by atoms with van der Waals surface area (Å²) < 4.78 is 11.8. The second-order valence-electron chi connectivity index (χ2n) is 15.2. The third-order valence-electron chi connectivity index (χ3n) is 10.1. The largest absolute Gasteiger partial charge is 0.507 e. The van der Waals surface area contributed by atoms with Gasteiger partial charge in [0.15, 0.2) is 5.60 Å². The van der Waals surface area contributed by atoms with Crippen LogP contribution < -0.4 is 10.6 Å². The second kappa shape index (κ2) is 15.4. The van der Waals surface area contributed by atoms with Gasteiger partial charge >= 0.3 is 12.1 Å². The van der Waals surface area contributed by atoms with Gasteiger partial charge in [-0.05, 0) is 83.7 Å². The van der Waals surface area contributed by atoms with Crippen LogP contribution >= 0.6 is 0 Å². The molecule has 3 fully saturated rings. The molecule has 3 amide bonds. The molecule has 15 nitrogen and oxygen atoms in total. The van der Waals surface area contributed by atoms with Crippen LogP contribution in [0.2, 0.25) is 0 Å². The first kappa shape index (κ1) is 39.3. The Kier molecular flexibility index (Phi) is 12.1. The lowest BCUT2D eigenvalue weighted by Crippen LogP contribution is -2.68. The summed E-state index contributed by atoms with van der Waals surface area (Å²) >= 11 is 0. The topological polar surface area (TPSA) is 218 Å². The zero-order chi connectivity index (χ0) is 37.2. The number of amides is 3. The zero-order valence-electron chi connectivity index (χ0n) is 29.9. The Balaban J connectivity index is 1.50. The molecule has 7 atom stereocenters. The number of hydrogen-bond donors (Lipinski definition) is 7. The molecule has 280 valence electrons. The normalized spacial score (nSPS) is 28.6. The van der Waals surface area contributed by atoms with Gasteiger partial charge in [-0.3, -0.25) is 14.5 Å². The maximum atomic E-state index is 13.0. The summed E-state index contributed by atoms with van der Waals surface area (Å²) in [5, 5.41) is 59.3. The van der Waals surface area contributed by atoms with Crippen molar-refractivity contribution in [3.05, 3.63) is 28.8 Å². The Morgan fingerprint density at radius 3 is 2.34 bits per heavy atom. The highest BCUT2D eigenvalue weighted by molar-refractivity contribution is 5.94. The molecule has 0 aromatic heterocycles. The fourth-order valence-corrected chi connectivity index (χ4v) is 7.51. The monoisotopic (exact) mass is 706 g/mol. The van der Waals surface area contributed by atoms with Crippen molar-refractivity contribution in [1.29, 1.82) is 0 Å². The van der Waals surface area contributed by atoms with Crippen LogP contribution in [0.1, 0.15) is 87.7 Å². The van der Waals surface area contributed by atoms with Gasteiger partial charge in [-0.15, -0.1) is 0 Å². The van der Waals surface area contributed by atoms with Crippen molar-refractivity contribution in [3.63, 3.8) is 0 Å². The molecule has 0 radical (unpaired) electrons. The molecule has 7 N–H and O–H groups in total. The summed E-state index contributed by atoms with van der Waals surface area (Å²) in [6.45, 7) is 11.3. The molecule has 3 aliphatic rings. The minimum atomic E-state index is -1.99. The molecule has 1 unspecified atom stereocenters. The Hall–Kier alpha value is -3.50. The molecule has 0 saturated carbocycles. The van der Waals surface area contributed by atoms with Gasteiger partial charge in [0.25, 0.3) is 5.91 Å². The smallest absolute Gasteiger partial charge is 0.410 e. The van der Waals surface area contributed by atoms with Gasteiger partial charge in [0.2, 0.25) is 5.91 Å². The number of carboxylic acids is 1. The van der Waals surface area contributed by atoms with E-state index < -0.39 is 78.5 Å². The third-order valence-corrected chi connectivity index (χ3v) is 10.1. The van der Waals surface area contributed by atoms with E-state index >= 15 is 0 Å². The first-order valence-corrected chi connectivity index (χ1v) is 17.3. The van der Waals surface area contributed by atoms with Gasteiger partial charge in [0.1, 0.15) is 23.6 Å². The van der Waals surface area contributed by atoms with Crippen LogP contribution in [0.3, 0.4) is 0 Å². The Labute approximate surface area is 292 Å². The van der Waals surface area contributed by atoms with E-state index in [1.165, 1.54) is 19.1 Å². The zero-order valence-corrected chi connectivity index (χ0v) is 29.9. The number of aromatic hydroxyl groups is 1. The number of nitrogens with zero attached hydrogens (tertiary/aromatic N) is 2. The summed E-state index contributed by atoms with van der Waals surface area (Å²) in [4.78, 5) is 54.7. The highest BCUT2D eigenvalue weighted by atomic mass is 16.6. The molecule has 3 saturated heterocycles. The molecule has 0 aliphatic carbocycles. The number of carbonyl (C=O) groups excluding carboxylic acids is 3. The van der Waals surface area contributed by atoms with Crippen LogP contribution in [0.4, 0.5) is 4.79 Å². The van der Waals surface area contributed by atoms with E-state index in [1.54, 1.807) is 18.7 Å². The Bertz CT molecular complexity index is 1410. The molecular formula is C35H54N4O11. The van der Waals surface area contributed by atoms with Gasteiger partial charge < -0.3 is 50.5 Å². The minimum Gasteiger partial charge on any atom is -0.507 e. The van der Waals surface area contributed by atoms with E-state index in [-0.39, 0.29) is 29.8 Å². The minimum absolute atomic E-state index is 0.0532. The summed E-state index contributed by atoms with van der Waals surface area (Å²) in [5.74, 6) is -2.47. The van der Waals surface area contributed by atoms with Crippen LogP contribution in [-0.4, -0.2) is 139 Å². The molecule has 15 heteroatoms. The average molecular weight is 707 g/mol. The summed E-state index contributed by atoms with van der Waals surface area (Å²) in [6, 6.07) is 1.69. The van der Waals surface area contributed by atoms with Crippen molar-refractivity contribution in [1.82, 2.24) is 20.4 Å². The predicted molar refractivity (Wildman–Crippen MR) is 181 cm³/mol. The highest BCUT2D eigenvalue weighted by Crippen LogP contribution is 2.40. The molecule has 3 aliphatic heterocycles. The average Bonchev–Trinajstić information content (AvgIpc) is 3.45.